The summed E-state index contributed by atoms with van der Waals surface area (Å²) >= 11 is 1.05. The second kappa shape index (κ2) is 10.7. The Labute approximate surface area is 212 Å². The molecule has 2 aliphatic heterocycles. The fraction of sp³-hybridized carbons (Fsp3) is 0.231. The van der Waals surface area contributed by atoms with Crippen molar-refractivity contribution in [1.82, 2.24) is 4.90 Å². The third kappa shape index (κ3) is 4.72. The van der Waals surface area contributed by atoms with Gasteiger partial charge in [-0.15, -0.1) is 0 Å². The molecule has 9 nitrogen and oxygen atoms in total. The van der Waals surface area contributed by atoms with Crippen molar-refractivity contribution >= 4 is 40.4 Å². The lowest BCUT2D eigenvalue weighted by molar-refractivity contribution is -0.139. The van der Waals surface area contributed by atoms with Crippen LogP contribution in [0.2, 0.25) is 0 Å². The number of ether oxygens (including phenoxy) is 3. The average Bonchev–Trinajstić information content (AvgIpc) is 2.87. The number of amides is 2. The van der Waals surface area contributed by atoms with Crippen molar-refractivity contribution in [2.24, 2.45) is 4.99 Å². The standard InChI is InChI=1S/C26H25N3O6S/c1-5-35-25(32)21-15(2)27-26-29(22(21)17-12-9-13-18(33-3)23(17)34-4)20(30)14-19(36-26)24(31)28-16-10-7-6-8-11-16/h6-14,22H,5H2,1-4H3,(H,28,31)/t22-/m0/s1. The molecule has 0 spiro atoms. The van der Waals surface area contributed by atoms with Crippen molar-refractivity contribution in [3.8, 4) is 11.5 Å². The number of carbonyl (C=O) groups is 3. The van der Waals surface area contributed by atoms with Crippen LogP contribution in [0.3, 0.4) is 0 Å². The highest BCUT2D eigenvalue weighted by Gasteiger charge is 2.44. The second-order valence-corrected chi connectivity index (χ2v) is 8.75. The third-order valence-electron chi connectivity index (χ3n) is 5.56. The molecule has 0 fully saturated rings. The second-order valence-electron chi connectivity index (χ2n) is 7.74. The number of carbonyl (C=O) groups excluding carboxylic acids is 3. The molecule has 0 saturated heterocycles. The van der Waals surface area contributed by atoms with Gasteiger partial charge in [0.25, 0.3) is 11.8 Å². The lowest BCUT2D eigenvalue weighted by Crippen LogP contribution is -2.45. The van der Waals surface area contributed by atoms with Crippen LogP contribution >= 0.6 is 11.8 Å². The summed E-state index contributed by atoms with van der Waals surface area (Å²) in [5, 5.41) is 3.05. The molecule has 2 aliphatic rings. The number of hydrogen-bond donors (Lipinski definition) is 1. The van der Waals surface area contributed by atoms with Gasteiger partial charge in [0.15, 0.2) is 16.7 Å². The predicted octanol–water partition coefficient (Wildman–Crippen LogP) is 4.05. The van der Waals surface area contributed by atoms with Crippen LogP contribution in [0.1, 0.15) is 25.5 Å². The Balaban J connectivity index is 1.80. The number of rotatable bonds is 7. The molecule has 0 bridgehead atoms. The van der Waals surface area contributed by atoms with E-state index in [-0.39, 0.29) is 22.3 Å². The van der Waals surface area contributed by atoms with E-state index in [0.29, 0.717) is 28.4 Å². The Kier molecular flexibility index (Phi) is 7.44. The molecular formula is C26H25N3O6S. The molecule has 0 aromatic heterocycles. The lowest BCUT2D eigenvalue weighted by Gasteiger charge is -2.38. The van der Waals surface area contributed by atoms with Gasteiger partial charge in [0.2, 0.25) is 0 Å². The number of hydrogen-bond acceptors (Lipinski definition) is 8. The van der Waals surface area contributed by atoms with E-state index in [9.17, 15) is 14.4 Å². The van der Waals surface area contributed by atoms with Crippen LogP contribution in [-0.4, -0.2) is 48.7 Å². The number of aliphatic imine (C=N–C) groups is 1. The van der Waals surface area contributed by atoms with E-state index in [0.717, 1.165) is 11.8 Å². The first-order chi connectivity index (χ1) is 17.4. The van der Waals surface area contributed by atoms with Gasteiger partial charge < -0.3 is 19.5 Å². The molecule has 186 valence electrons. The Morgan fingerprint density at radius 2 is 1.83 bits per heavy atom. The Morgan fingerprint density at radius 1 is 1.08 bits per heavy atom. The van der Waals surface area contributed by atoms with Gasteiger partial charge in [-0.05, 0) is 43.8 Å². The van der Waals surface area contributed by atoms with Crippen molar-refractivity contribution in [3.05, 3.63) is 76.3 Å². The molecule has 4 rings (SSSR count). The van der Waals surface area contributed by atoms with Gasteiger partial charge in [-0.2, -0.15) is 0 Å². The minimum atomic E-state index is -0.906. The Morgan fingerprint density at radius 3 is 2.50 bits per heavy atom. The van der Waals surface area contributed by atoms with Crippen LogP contribution in [0, 0.1) is 0 Å². The summed E-state index contributed by atoms with van der Waals surface area (Å²) in [6, 6.07) is 13.3. The maximum absolute atomic E-state index is 13.5. The van der Waals surface area contributed by atoms with Crippen molar-refractivity contribution in [3.63, 3.8) is 0 Å². The summed E-state index contributed by atoms with van der Waals surface area (Å²) in [7, 11) is 2.99. The first-order valence-electron chi connectivity index (χ1n) is 11.2. The lowest BCUT2D eigenvalue weighted by atomic mass is 9.93. The van der Waals surface area contributed by atoms with Gasteiger partial charge in [-0.1, -0.05) is 30.3 Å². The zero-order valence-corrected chi connectivity index (χ0v) is 21.0. The number of anilines is 1. The third-order valence-corrected chi connectivity index (χ3v) is 6.56. The van der Waals surface area contributed by atoms with Crippen molar-refractivity contribution in [2.75, 3.05) is 26.1 Å². The van der Waals surface area contributed by atoms with Crippen LogP contribution in [0.4, 0.5) is 5.69 Å². The summed E-state index contributed by atoms with van der Waals surface area (Å²) in [6.07, 6.45) is 1.24. The molecule has 36 heavy (non-hydrogen) atoms. The molecule has 0 radical (unpaired) electrons. The molecular weight excluding hydrogens is 482 g/mol. The van der Waals surface area contributed by atoms with E-state index in [2.05, 4.69) is 10.3 Å². The van der Waals surface area contributed by atoms with Crippen LogP contribution < -0.4 is 14.8 Å². The van der Waals surface area contributed by atoms with E-state index < -0.39 is 23.8 Å². The SMILES string of the molecule is CCOC(=O)C1=C(C)N=C2SC(C(=O)Nc3ccccc3)=CC(=O)N2[C@H]1c1cccc(OC)c1OC. The van der Waals surface area contributed by atoms with E-state index in [1.807, 2.05) is 6.07 Å². The van der Waals surface area contributed by atoms with Gasteiger partial charge >= 0.3 is 5.97 Å². The Hall–Kier alpha value is -4.05. The highest BCUT2D eigenvalue weighted by atomic mass is 32.2. The van der Waals surface area contributed by atoms with E-state index in [1.165, 1.54) is 25.2 Å². The fourth-order valence-corrected chi connectivity index (χ4v) is 4.99. The van der Waals surface area contributed by atoms with Crippen LogP contribution in [0.15, 0.2) is 75.8 Å². The quantitative estimate of drug-likeness (QED) is 0.564. The maximum atomic E-state index is 13.5. The number of amidine groups is 1. The summed E-state index contributed by atoms with van der Waals surface area (Å²) in [4.78, 5) is 45.5. The van der Waals surface area contributed by atoms with Crippen molar-refractivity contribution in [1.29, 1.82) is 0 Å². The molecule has 0 saturated carbocycles. The number of methoxy groups -OCH3 is 2. The van der Waals surface area contributed by atoms with Gasteiger partial charge in [-0.3, -0.25) is 14.5 Å². The van der Waals surface area contributed by atoms with E-state index >= 15 is 0 Å². The smallest absolute Gasteiger partial charge is 0.338 e. The largest absolute Gasteiger partial charge is 0.493 e. The van der Waals surface area contributed by atoms with E-state index in [4.69, 9.17) is 14.2 Å². The van der Waals surface area contributed by atoms with Crippen LogP contribution in [-0.2, 0) is 19.1 Å². The molecule has 0 aliphatic carbocycles. The van der Waals surface area contributed by atoms with Crippen molar-refractivity contribution in [2.45, 2.75) is 19.9 Å². The summed E-state index contributed by atoms with van der Waals surface area (Å²) in [6.45, 7) is 3.53. The first kappa shape index (κ1) is 25.1. The minimum absolute atomic E-state index is 0.153. The number of nitrogens with one attached hydrogen (secondary N) is 1. The molecule has 2 heterocycles. The van der Waals surface area contributed by atoms with E-state index in [1.54, 1.807) is 56.3 Å². The predicted molar refractivity (Wildman–Crippen MR) is 137 cm³/mol. The average molecular weight is 508 g/mol. The zero-order valence-electron chi connectivity index (χ0n) is 20.2. The van der Waals surface area contributed by atoms with Crippen LogP contribution in [0.5, 0.6) is 11.5 Å². The number of fused-ring (bicyclic) bond motifs is 1. The molecule has 2 aromatic carbocycles. The number of esters is 1. The Bertz CT molecular complexity index is 1300. The topological polar surface area (TPSA) is 107 Å². The first-order valence-corrected chi connectivity index (χ1v) is 12.0. The molecule has 10 heteroatoms. The highest BCUT2D eigenvalue weighted by molar-refractivity contribution is 8.18. The van der Waals surface area contributed by atoms with Crippen LogP contribution in [0.25, 0.3) is 0 Å². The highest BCUT2D eigenvalue weighted by Crippen LogP contribution is 2.46. The number of benzene rings is 2. The minimum Gasteiger partial charge on any atom is -0.493 e. The van der Waals surface area contributed by atoms with Gasteiger partial charge in [-0.25, -0.2) is 9.79 Å². The fourth-order valence-electron chi connectivity index (χ4n) is 4.01. The maximum Gasteiger partial charge on any atom is 0.338 e. The normalized spacial score (nSPS) is 17.1. The monoisotopic (exact) mass is 507 g/mol. The molecule has 2 amide bonds. The zero-order chi connectivity index (χ0) is 25.8. The molecule has 0 unspecified atom stereocenters. The van der Waals surface area contributed by atoms with Gasteiger partial charge in [0.1, 0.15) is 6.04 Å². The van der Waals surface area contributed by atoms with Crippen molar-refractivity contribution < 1.29 is 28.6 Å². The van der Waals surface area contributed by atoms with Gasteiger partial charge in [0.05, 0.1) is 37.0 Å². The number of allylic oxidation sites excluding steroid dienone is 1. The summed E-state index contributed by atoms with van der Waals surface area (Å²) in [5.74, 6) is -0.724. The molecule has 1 N–H and O–H groups in total. The molecule has 2 aromatic rings. The number of thioether (sulfide) groups is 1. The summed E-state index contributed by atoms with van der Waals surface area (Å²) < 4.78 is 16.4. The van der Waals surface area contributed by atoms with Gasteiger partial charge in [0, 0.05) is 17.3 Å². The number of para-hydroxylation sites is 2. The summed E-state index contributed by atoms with van der Waals surface area (Å²) in [5.41, 5.74) is 1.70. The molecule has 1 atom stereocenters. The number of nitrogens with zero attached hydrogens (tertiary/aromatic N) is 2.